The van der Waals surface area contributed by atoms with E-state index in [1.807, 2.05) is 11.8 Å². The minimum atomic E-state index is 0.716. The van der Waals surface area contributed by atoms with Crippen LogP contribution in [0.25, 0.3) is 0 Å². The molecule has 0 heterocycles. The maximum absolute atomic E-state index is 3.86. The first-order valence-electron chi connectivity index (χ1n) is 5.31. The minimum Gasteiger partial charge on any atom is -0.123 e. The van der Waals surface area contributed by atoms with E-state index in [9.17, 15) is 0 Å². The summed E-state index contributed by atoms with van der Waals surface area (Å²) in [5.74, 6) is 0. The summed E-state index contributed by atoms with van der Waals surface area (Å²) in [6.07, 6.45) is 3.30. The lowest BCUT2D eigenvalue weighted by atomic mass is 10.1. The van der Waals surface area contributed by atoms with Crippen molar-refractivity contribution < 1.29 is 0 Å². The van der Waals surface area contributed by atoms with E-state index in [-0.39, 0.29) is 0 Å². The van der Waals surface area contributed by atoms with Gasteiger partial charge in [-0.05, 0) is 37.0 Å². The molecule has 1 unspecified atom stereocenters. The summed E-state index contributed by atoms with van der Waals surface area (Å²) in [6.45, 7) is 8.36. The van der Waals surface area contributed by atoms with E-state index in [1.54, 1.807) is 0 Å². The summed E-state index contributed by atoms with van der Waals surface area (Å²) >= 11 is 1.95. The summed E-state index contributed by atoms with van der Waals surface area (Å²) in [5, 5.41) is 0.716. The molecule has 1 heteroatoms. The van der Waals surface area contributed by atoms with Gasteiger partial charge in [-0.1, -0.05) is 32.9 Å². The highest BCUT2D eigenvalue weighted by Crippen LogP contribution is 2.25. The molecule has 1 aromatic rings. The highest BCUT2D eigenvalue weighted by molar-refractivity contribution is 7.99. The SMILES string of the molecule is [CH2]CCc1ccc(SC(C)CC)cc1. The van der Waals surface area contributed by atoms with Gasteiger partial charge in [0.1, 0.15) is 0 Å². The van der Waals surface area contributed by atoms with Crippen LogP contribution in [0.5, 0.6) is 0 Å². The number of rotatable bonds is 5. The van der Waals surface area contributed by atoms with Crippen LogP contribution in [0.15, 0.2) is 29.2 Å². The molecule has 0 nitrogen and oxygen atoms in total. The third kappa shape index (κ3) is 3.75. The van der Waals surface area contributed by atoms with Crippen LogP contribution in [0.3, 0.4) is 0 Å². The van der Waals surface area contributed by atoms with Gasteiger partial charge in [0.25, 0.3) is 0 Å². The van der Waals surface area contributed by atoms with Gasteiger partial charge >= 0.3 is 0 Å². The Balaban J connectivity index is 2.54. The molecule has 77 valence electrons. The summed E-state index contributed by atoms with van der Waals surface area (Å²) in [7, 11) is 0. The Hall–Kier alpha value is -0.430. The number of aryl methyl sites for hydroxylation is 1. The lowest BCUT2D eigenvalue weighted by Gasteiger charge is -2.08. The zero-order chi connectivity index (χ0) is 10.4. The fourth-order valence-electron chi connectivity index (χ4n) is 1.25. The maximum atomic E-state index is 3.86. The van der Waals surface area contributed by atoms with E-state index >= 15 is 0 Å². The molecular formula is C13H19S. The Bertz CT molecular complexity index is 250. The molecule has 1 radical (unpaired) electrons. The van der Waals surface area contributed by atoms with Crippen molar-refractivity contribution in [3.63, 3.8) is 0 Å². The molecule has 0 aromatic heterocycles. The topological polar surface area (TPSA) is 0 Å². The third-order valence-corrected chi connectivity index (χ3v) is 3.58. The van der Waals surface area contributed by atoms with Gasteiger partial charge in [0, 0.05) is 10.1 Å². The summed E-state index contributed by atoms with van der Waals surface area (Å²) in [5.41, 5.74) is 1.40. The highest BCUT2D eigenvalue weighted by atomic mass is 32.2. The van der Waals surface area contributed by atoms with E-state index in [0.717, 1.165) is 12.8 Å². The van der Waals surface area contributed by atoms with E-state index < -0.39 is 0 Å². The molecule has 0 spiro atoms. The second-order valence-corrected chi connectivity index (χ2v) is 5.10. The second-order valence-electron chi connectivity index (χ2n) is 3.58. The standard InChI is InChI=1S/C13H19S/c1-4-6-12-7-9-13(10-8-12)14-11(3)5-2/h7-11H,1,4-6H2,2-3H3. The fraction of sp³-hybridized carbons (Fsp3) is 0.462. The molecule has 0 N–H and O–H groups in total. The van der Waals surface area contributed by atoms with Gasteiger partial charge in [-0.3, -0.25) is 0 Å². The predicted molar refractivity (Wildman–Crippen MR) is 65.7 cm³/mol. The third-order valence-electron chi connectivity index (χ3n) is 2.30. The van der Waals surface area contributed by atoms with Crippen molar-refractivity contribution in [2.75, 3.05) is 0 Å². The quantitative estimate of drug-likeness (QED) is 0.647. The zero-order valence-electron chi connectivity index (χ0n) is 9.12. The van der Waals surface area contributed by atoms with Crippen molar-refractivity contribution in [2.24, 2.45) is 0 Å². The molecule has 0 aliphatic carbocycles. The molecule has 1 aromatic carbocycles. The van der Waals surface area contributed by atoms with Crippen molar-refractivity contribution in [1.29, 1.82) is 0 Å². The van der Waals surface area contributed by atoms with Crippen molar-refractivity contribution in [3.05, 3.63) is 36.8 Å². The molecule has 1 atom stereocenters. The Morgan fingerprint density at radius 1 is 1.29 bits per heavy atom. The van der Waals surface area contributed by atoms with E-state index in [0.29, 0.717) is 5.25 Å². The van der Waals surface area contributed by atoms with Gasteiger partial charge in [0.15, 0.2) is 0 Å². The number of benzene rings is 1. The largest absolute Gasteiger partial charge is 0.123 e. The van der Waals surface area contributed by atoms with Gasteiger partial charge in [0.2, 0.25) is 0 Å². The number of hydrogen-bond acceptors (Lipinski definition) is 1. The van der Waals surface area contributed by atoms with Crippen LogP contribution in [0.4, 0.5) is 0 Å². The molecule has 0 amide bonds. The van der Waals surface area contributed by atoms with Crippen LogP contribution in [-0.2, 0) is 6.42 Å². The molecule has 1 rings (SSSR count). The van der Waals surface area contributed by atoms with E-state index in [2.05, 4.69) is 45.0 Å². The van der Waals surface area contributed by atoms with Gasteiger partial charge in [0.05, 0.1) is 0 Å². The molecule has 0 saturated carbocycles. The summed E-state index contributed by atoms with van der Waals surface area (Å²) in [4.78, 5) is 1.38. The maximum Gasteiger partial charge on any atom is 0.00748 e. The Labute approximate surface area is 92.1 Å². The molecule has 0 aliphatic heterocycles. The molecule has 0 saturated heterocycles. The molecular weight excluding hydrogens is 188 g/mol. The Morgan fingerprint density at radius 2 is 1.93 bits per heavy atom. The van der Waals surface area contributed by atoms with Crippen molar-refractivity contribution in [1.82, 2.24) is 0 Å². The van der Waals surface area contributed by atoms with E-state index in [1.165, 1.54) is 16.9 Å². The van der Waals surface area contributed by atoms with E-state index in [4.69, 9.17) is 0 Å². The second kappa shape index (κ2) is 6.13. The highest BCUT2D eigenvalue weighted by Gasteiger charge is 2.01. The predicted octanol–water partition coefficient (Wildman–Crippen LogP) is 4.34. The fourth-order valence-corrected chi connectivity index (χ4v) is 2.18. The summed E-state index contributed by atoms with van der Waals surface area (Å²) in [6, 6.07) is 8.88. The lowest BCUT2D eigenvalue weighted by molar-refractivity contribution is 0.905. The normalized spacial score (nSPS) is 12.8. The Morgan fingerprint density at radius 3 is 2.43 bits per heavy atom. The molecule has 14 heavy (non-hydrogen) atoms. The Kier molecular flexibility index (Phi) is 5.10. The average molecular weight is 207 g/mol. The van der Waals surface area contributed by atoms with Crippen LogP contribution in [0, 0.1) is 6.92 Å². The molecule has 0 fully saturated rings. The van der Waals surface area contributed by atoms with Gasteiger partial charge in [-0.15, -0.1) is 11.8 Å². The number of hydrogen-bond donors (Lipinski definition) is 0. The minimum absolute atomic E-state index is 0.716. The first-order valence-corrected chi connectivity index (χ1v) is 6.19. The van der Waals surface area contributed by atoms with Crippen molar-refractivity contribution in [3.8, 4) is 0 Å². The average Bonchev–Trinajstić information content (AvgIpc) is 2.21. The zero-order valence-corrected chi connectivity index (χ0v) is 9.94. The van der Waals surface area contributed by atoms with Gasteiger partial charge < -0.3 is 0 Å². The smallest absolute Gasteiger partial charge is 0.00748 e. The van der Waals surface area contributed by atoms with Crippen LogP contribution in [0.2, 0.25) is 0 Å². The first-order chi connectivity index (χ1) is 6.76. The van der Waals surface area contributed by atoms with Crippen LogP contribution in [-0.4, -0.2) is 5.25 Å². The number of thioether (sulfide) groups is 1. The van der Waals surface area contributed by atoms with Crippen LogP contribution < -0.4 is 0 Å². The van der Waals surface area contributed by atoms with Gasteiger partial charge in [-0.2, -0.15) is 0 Å². The van der Waals surface area contributed by atoms with Crippen LogP contribution >= 0.6 is 11.8 Å². The van der Waals surface area contributed by atoms with Crippen molar-refractivity contribution in [2.45, 2.75) is 43.3 Å². The molecule has 0 aliphatic rings. The monoisotopic (exact) mass is 207 g/mol. The first kappa shape index (κ1) is 11.6. The lowest BCUT2D eigenvalue weighted by Crippen LogP contribution is -1.91. The molecule has 0 bridgehead atoms. The van der Waals surface area contributed by atoms with Crippen molar-refractivity contribution >= 4 is 11.8 Å². The van der Waals surface area contributed by atoms with Crippen LogP contribution in [0.1, 0.15) is 32.3 Å². The summed E-state index contributed by atoms with van der Waals surface area (Å²) < 4.78 is 0. The van der Waals surface area contributed by atoms with Gasteiger partial charge in [-0.25, -0.2) is 0 Å².